The zero-order valence-corrected chi connectivity index (χ0v) is 14.3. The summed E-state index contributed by atoms with van der Waals surface area (Å²) in [5.74, 6) is 5.21. The van der Waals surface area contributed by atoms with Crippen LogP contribution in [0, 0.1) is 5.92 Å². The van der Waals surface area contributed by atoms with Crippen LogP contribution in [0.5, 0.6) is 0 Å². The zero-order chi connectivity index (χ0) is 16.7. The third-order valence-electron chi connectivity index (χ3n) is 5.16. The molecule has 0 saturated heterocycles. The Morgan fingerprint density at radius 1 is 1.46 bits per heavy atom. The van der Waals surface area contributed by atoms with Gasteiger partial charge in [-0.3, -0.25) is 4.79 Å². The summed E-state index contributed by atoms with van der Waals surface area (Å²) in [4.78, 5) is 12.2. The maximum absolute atomic E-state index is 12.2. The van der Waals surface area contributed by atoms with Crippen molar-refractivity contribution in [3.8, 4) is 0 Å². The van der Waals surface area contributed by atoms with Crippen LogP contribution >= 0.6 is 0 Å². The lowest BCUT2D eigenvalue weighted by Gasteiger charge is -2.13. The van der Waals surface area contributed by atoms with Gasteiger partial charge in [0.1, 0.15) is 17.3 Å². The molecule has 1 aliphatic carbocycles. The highest BCUT2D eigenvalue weighted by atomic mass is 16.3. The first-order valence-corrected chi connectivity index (χ1v) is 8.91. The number of furan rings is 1. The lowest BCUT2D eigenvalue weighted by Crippen LogP contribution is -2.28. The minimum atomic E-state index is -0.115. The molecule has 0 bridgehead atoms. The summed E-state index contributed by atoms with van der Waals surface area (Å²) in [6.07, 6.45) is 4.37. The zero-order valence-electron chi connectivity index (χ0n) is 14.3. The Morgan fingerprint density at radius 3 is 3.08 bits per heavy atom. The number of hydrogen-bond acceptors (Lipinski definition) is 4. The van der Waals surface area contributed by atoms with Gasteiger partial charge in [0.05, 0.1) is 6.04 Å². The SMILES string of the molecule is C[C@H](NC(=O)CCc1ccc([C@H]2C[C@H]2C)o1)c1nnc2n1CCC2. The molecular formula is C18H24N4O2. The normalized spacial score (nSPS) is 23.1. The molecule has 1 N–H and O–H groups in total. The number of rotatable bonds is 6. The highest BCUT2D eigenvalue weighted by Crippen LogP contribution is 2.47. The van der Waals surface area contributed by atoms with Crippen LogP contribution in [0.3, 0.4) is 0 Å². The third-order valence-corrected chi connectivity index (χ3v) is 5.16. The maximum atomic E-state index is 12.2. The monoisotopic (exact) mass is 328 g/mol. The van der Waals surface area contributed by atoms with Gasteiger partial charge < -0.3 is 14.3 Å². The molecule has 1 fully saturated rings. The van der Waals surface area contributed by atoms with Crippen LogP contribution in [0.4, 0.5) is 0 Å². The largest absolute Gasteiger partial charge is 0.466 e. The molecule has 0 radical (unpaired) electrons. The second kappa shape index (κ2) is 6.07. The van der Waals surface area contributed by atoms with E-state index in [0.29, 0.717) is 18.8 Å². The molecular weight excluding hydrogens is 304 g/mol. The fourth-order valence-electron chi connectivity index (χ4n) is 3.55. The minimum Gasteiger partial charge on any atom is -0.466 e. The summed E-state index contributed by atoms with van der Waals surface area (Å²) >= 11 is 0. The number of amides is 1. The van der Waals surface area contributed by atoms with Crippen LogP contribution in [0.15, 0.2) is 16.5 Å². The van der Waals surface area contributed by atoms with E-state index in [1.165, 1.54) is 6.42 Å². The summed E-state index contributed by atoms with van der Waals surface area (Å²) in [6.45, 7) is 5.16. The lowest BCUT2D eigenvalue weighted by molar-refractivity contribution is -0.121. The molecule has 3 atom stereocenters. The number of fused-ring (bicyclic) bond motifs is 1. The number of carbonyl (C=O) groups excluding carboxylic acids is 1. The van der Waals surface area contributed by atoms with E-state index >= 15 is 0 Å². The van der Waals surface area contributed by atoms with Crippen molar-refractivity contribution < 1.29 is 9.21 Å². The van der Waals surface area contributed by atoms with Crippen molar-refractivity contribution in [3.05, 3.63) is 35.3 Å². The van der Waals surface area contributed by atoms with Crippen molar-refractivity contribution in [3.63, 3.8) is 0 Å². The highest BCUT2D eigenvalue weighted by molar-refractivity contribution is 5.76. The van der Waals surface area contributed by atoms with Crippen molar-refractivity contribution in [2.45, 2.75) is 64.5 Å². The van der Waals surface area contributed by atoms with E-state index in [-0.39, 0.29) is 11.9 Å². The van der Waals surface area contributed by atoms with Crippen LogP contribution in [0.25, 0.3) is 0 Å². The van der Waals surface area contributed by atoms with E-state index in [0.717, 1.165) is 48.5 Å². The molecule has 3 heterocycles. The van der Waals surface area contributed by atoms with Gasteiger partial charge in [-0.1, -0.05) is 6.92 Å². The molecule has 0 aromatic carbocycles. The second-order valence-electron chi connectivity index (χ2n) is 7.14. The van der Waals surface area contributed by atoms with Gasteiger partial charge in [-0.15, -0.1) is 10.2 Å². The Morgan fingerprint density at radius 2 is 2.29 bits per heavy atom. The first kappa shape index (κ1) is 15.4. The second-order valence-corrected chi connectivity index (χ2v) is 7.14. The minimum absolute atomic E-state index is 0.0237. The van der Waals surface area contributed by atoms with Crippen LogP contribution in [0.1, 0.15) is 68.2 Å². The third kappa shape index (κ3) is 2.97. The summed E-state index contributed by atoms with van der Waals surface area (Å²) in [5, 5.41) is 11.4. The van der Waals surface area contributed by atoms with Gasteiger partial charge in [-0.2, -0.15) is 0 Å². The molecule has 24 heavy (non-hydrogen) atoms. The van der Waals surface area contributed by atoms with E-state index in [9.17, 15) is 4.79 Å². The van der Waals surface area contributed by atoms with E-state index in [2.05, 4.69) is 33.1 Å². The van der Waals surface area contributed by atoms with Crippen molar-refractivity contribution in [1.82, 2.24) is 20.1 Å². The number of carbonyl (C=O) groups is 1. The van der Waals surface area contributed by atoms with E-state index < -0.39 is 0 Å². The van der Waals surface area contributed by atoms with Gasteiger partial charge in [-0.25, -0.2) is 0 Å². The summed E-state index contributed by atoms with van der Waals surface area (Å²) in [7, 11) is 0. The van der Waals surface area contributed by atoms with Gasteiger partial charge in [0.15, 0.2) is 5.82 Å². The Hall–Kier alpha value is -2.11. The molecule has 6 heteroatoms. The molecule has 0 spiro atoms. The van der Waals surface area contributed by atoms with Gasteiger partial charge in [0, 0.05) is 31.7 Å². The van der Waals surface area contributed by atoms with Crippen LogP contribution in [0.2, 0.25) is 0 Å². The molecule has 0 unspecified atom stereocenters. The molecule has 128 valence electrons. The molecule has 2 aliphatic rings. The standard InChI is InChI=1S/C18H24N4O2/c1-11-10-14(11)15-7-5-13(24-15)6-8-17(23)19-12(2)18-21-20-16-4-3-9-22(16)18/h5,7,11-12,14H,3-4,6,8-10H2,1-2H3,(H,19,23)/t11-,12+,14+/m1/s1. The molecule has 4 rings (SSSR count). The Kier molecular flexibility index (Phi) is 3.90. The average molecular weight is 328 g/mol. The van der Waals surface area contributed by atoms with Gasteiger partial charge in [-0.05, 0) is 37.8 Å². The van der Waals surface area contributed by atoms with Gasteiger partial charge in [0.2, 0.25) is 5.91 Å². The van der Waals surface area contributed by atoms with Gasteiger partial charge in [0.25, 0.3) is 0 Å². The summed E-state index contributed by atoms with van der Waals surface area (Å²) in [6, 6.07) is 3.95. The van der Waals surface area contributed by atoms with Crippen molar-refractivity contribution in [2.75, 3.05) is 0 Å². The maximum Gasteiger partial charge on any atom is 0.221 e. The fraction of sp³-hybridized carbons (Fsp3) is 0.611. The molecule has 6 nitrogen and oxygen atoms in total. The number of nitrogens with zero attached hydrogens (tertiary/aromatic N) is 3. The van der Waals surface area contributed by atoms with E-state index in [1.54, 1.807) is 0 Å². The predicted octanol–water partition coefficient (Wildman–Crippen LogP) is 2.75. The summed E-state index contributed by atoms with van der Waals surface area (Å²) < 4.78 is 7.99. The fourth-order valence-corrected chi connectivity index (χ4v) is 3.55. The Balaban J connectivity index is 1.29. The first-order chi connectivity index (χ1) is 11.6. The Bertz CT molecular complexity index is 748. The van der Waals surface area contributed by atoms with Crippen molar-refractivity contribution >= 4 is 5.91 Å². The number of aryl methyl sites for hydroxylation is 2. The highest BCUT2D eigenvalue weighted by Gasteiger charge is 2.36. The topological polar surface area (TPSA) is 73.0 Å². The van der Waals surface area contributed by atoms with Crippen molar-refractivity contribution in [2.24, 2.45) is 5.92 Å². The molecule has 2 aromatic rings. The number of nitrogens with one attached hydrogen (secondary N) is 1. The van der Waals surface area contributed by atoms with Crippen LogP contribution in [-0.2, 0) is 24.2 Å². The average Bonchev–Trinajstić information content (AvgIpc) is 2.99. The van der Waals surface area contributed by atoms with E-state index in [1.807, 2.05) is 13.0 Å². The molecule has 1 saturated carbocycles. The van der Waals surface area contributed by atoms with Gasteiger partial charge >= 0.3 is 0 Å². The van der Waals surface area contributed by atoms with Crippen molar-refractivity contribution in [1.29, 1.82) is 0 Å². The Labute approximate surface area is 141 Å². The molecule has 2 aromatic heterocycles. The quantitative estimate of drug-likeness (QED) is 0.885. The first-order valence-electron chi connectivity index (χ1n) is 8.91. The smallest absolute Gasteiger partial charge is 0.221 e. The number of aromatic nitrogens is 3. The van der Waals surface area contributed by atoms with Crippen LogP contribution < -0.4 is 5.32 Å². The predicted molar refractivity (Wildman–Crippen MR) is 88.5 cm³/mol. The van der Waals surface area contributed by atoms with E-state index in [4.69, 9.17) is 4.42 Å². The summed E-state index contributed by atoms with van der Waals surface area (Å²) in [5.41, 5.74) is 0. The molecule has 1 aliphatic heterocycles. The van der Waals surface area contributed by atoms with Crippen LogP contribution in [-0.4, -0.2) is 20.7 Å². The lowest BCUT2D eigenvalue weighted by atomic mass is 10.2. The molecule has 1 amide bonds. The number of hydrogen-bond donors (Lipinski definition) is 1.